The van der Waals surface area contributed by atoms with Crippen LogP contribution < -0.4 is 4.74 Å². The van der Waals surface area contributed by atoms with Gasteiger partial charge in [-0.2, -0.15) is 4.31 Å². The van der Waals surface area contributed by atoms with Gasteiger partial charge in [0.25, 0.3) is 0 Å². The quantitative estimate of drug-likeness (QED) is 0.890. The van der Waals surface area contributed by atoms with Crippen LogP contribution in [-0.2, 0) is 14.8 Å². The summed E-state index contributed by atoms with van der Waals surface area (Å²) in [5, 5.41) is 10.0. The minimum absolute atomic E-state index is 0.257. The van der Waals surface area contributed by atoms with Crippen LogP contribution in [0.3, 0.4) is 0 Å². The Balaban J connectivity index is 1.96. The Kier molecular flexibility index (Phi) is 4.63. The second kappa shape index (κ2) is 6.29. The highest BCUT2D eigenvalue weighted by atomic mass is 32.2. The zero-order valence-electron chi connectivity index (χ0n) is 14.4. The minimum atomic E-state index is -3.64. The molecule has 0 radical (unpaired) electrons. The number of fused-ring (bicyclic) bond motifs is 1. The molecule has 3 rings (SSSR count). The first-order chi connectivity index (χ1) is 11.3. The number of aliphatic hydroxyl groups is 1. The van der Waals surface area contributed by atoms with Crippen LogP contribution >= 0.6 is 0 Å². The lowest BCUT2D eigenvalue weighted by molar-refractivity contribution is -0.0775. The maximum atomic E-state index is 13.2. The van der Waals surface area contributed by atoms with Gasteiger partial charge in [0.15, 0.2) is 0 Å². The topological polar surface area (TPSA) is 76.1 Å². The average molecular weight is 355 g/mol. The van der Waals surface area contributed by atoms with E-state index in [1.165, 1.54) is 4.31 Å². The molecule has 0 unspecified atom stereocenters. The van der Waals surface area contributed by atoms with Crippen molar-refractivity contribution in [3.8, 4) is 5.75 Å². The number of rotatable bonds is 4. The fraction of sp³-hybridized carbons (Fsp3) is 0.647. The van der Waals surface area contributed by atoms with E-state index in [1.807, 2.05) is 6.92 Å². The smallest absolute Gasteiger partial charge is 0.243 e. The van der Waals surface area contributed by atoms with Crippen molar-refractivity contribution < 1.29 is 23.0 Å². The van der Waals surface area contributed by atoms with Crippen molar-refractivity contribution in [1.29, 1.82) is 0 Å². The summed E-state index contributed by atoms with van der Waals surface area (Å²) in [4.78, 5) is 0.257. The summed E-state index contributed by atoms with van der Waals surface area (Å²) in [6.45, 7) is 2.24. The Morgan fingerprint density at radius 1 is 1.29 bits per heavy atom. The molecular formula is C17H25NO5S. The molecule has 0 spiro atoms. The molecule has 3 atom stereocenters. The number of aryl methyl sites for hydroxylation is 1. The van der Waals surface area contributed by atoms with Gasteiger partial charge in [0.05, 0.1) is 29.8 Å². The molecule has 2 aliphatic rings. The summed E-state index contributed by atoms with van der Waals surface area (Å²) in [5.41, 5.74) is 0.299. The van der Waals surface area contributed by atoms with E-state index in [0.29, 0.717) is 38.0 Å². The zero-order valence-corrected chi connectivity index (χ0v) is 15.2. The van der Waals surface area contributed by atoms with Crippen molar-refractivity contribution in [2.45, 2.75) is 55.2 Å². The largest absolute Gasteiger partial charge is 0.496 e. The molecule has 2 fully saturated rings. The zero-order chi connectivity index (χ0) is 17.5. The maximum Gasteiger partial charge on any atom is 0.243 e. The summed E-state index contributed by atoms with van der Waals surface area (Å²) in [7, 11) is -0.441. The van der Waals surface area contributed by atoms with Crippen LogP contribution in [0, 0.1) is 6.92 Å². The Labute approximate surface area is 143 Å². The van der Waals surface area contributed by atoms with E-state index in [4.69, 9.17) is 9.47 Å². The number of hydrogen-bond donors (Lipinski definition) is 1. The number of benzene rings is 1. The predicted octanol–water partition coefficient (Wildman–Crippen LogP) is 1.70. The molecule has 0 bridgehead atoms. The van der Waals surface area contributed by atoms with Crippen LogP contribution in [-0.4, -0.2) is 56.3 Å². The SMILES string of the molecule is COc1ccc(S(=O)(=O)N2CC[C@]3(OC)CC[C@H](O)C[C@H]23)cc1C. The predicted molar refractivity (Wildman–Crippen MR) is 89.6 cm³/mol. The van der Waals surface area contributed by atoms with Crippen molar-refractivity contribution in [2.24, 2.45) is 0 Å². The first-order valence-electron chi connectivity index (χ1n) is 8.24. The van der Waals surface area contributed by atoms with E-state index in [2.05, 4.69) is 0 Å². The van der Waals surface area contributed by atoms with E-state index in [0.717, 1.165) is 5.56 Å². The number of nitrogens with zero attached hydrogens (tertiary/aromatic N) is 1. The molecule has 1 saturated heterocycles. The van der Waals surface area contributed by atoms with Gasteiger partial charge >= 0.3 is 0 Å². The number of methoxy groups -OCH3 is 2. The first kappa shape index (κ1) is 17.7. The monoisotopic (exact) mass is 355 g/mol. The number of ether oxygens (including phenoxy) is 2. The molecular weight excluding hydrogens is 330 g/mol. The van der Waals surface area contributed by atoms with Crippen LogP contribution in [0.15, 0.2) is 23.1 Å². The molecule has 1 aliphatic heterocycles. The Bertz CT molecular complexity index is 720. The van der Waals surface area contributed by atoms with Gasteiger partial charge in [0, 0.05) is 13.7 Å². The van der Waals surface area contributed by atoms with Crippen molar-refractivity contribution >= 4 is 10.0 Å². The van der Waals surface area contributed by atoms with Gasteiger partial charge in [-0.1, -0.05) is 0 Å². The van der Waals surface area contributed by atoms with Crippen molar-refractivity contribution in [3.05, 3.63) is 23.8 Å². The fourth-order valence-electron chi connectivity index (χ4n) is 4.07. The normalized spacial score (nSPS) is 31.0. The van der Waals surface area contributed by atoms with Gasteiger partial charge < -0.3 is 14.6 Å². The van der Waals surface area contributed by atoms with E-state index in [1.54, 1.807) is 32.4 Å². The molecule has 1 aromatic carbocycles. The van der Waals surface area contributed by atoms with Gasteiger partial charge in [-0.15, -0.1) is 0 Å². The van der Waals surface area contributed by atoms with Crippen molar-refractivity contribution in [1.82, 2.24) is 4.31 Å². The second-order valence-corrected chi connectivity index (χ2v) is 8.60. The van der Waals surface area contributed by atoms with Crippen molar-refractivity contribution in [3.63, 3.8) is 0 Å². The summed E-state index contributed by atoms with van der Waals surface area (Å²) in [6, 6.07) is 4.57. The molecule has 6 nitrogen and oxygen atoms in total. The van der Waals surface area contributed by atoms with Gasteiger partial charge in [-0.25, -0.2) is 8.42 Å². The van der Waals surface area contributed by atoms with Gasteiger partial charge in [-0.05, 0) is 56.4 Å². The first-order valence-corrected chi connectivity index (χ1v) is 9.68. The standard InChI is InChI=1S/C17H25NO5S/c1-12-10-14(4-5-15(12)22-2)24(20,21)18-9-8-17(23-3)7-6-13(19)11-16(17)18/h4-5,10,13,16,19H,6-9,11H2,1-3H3/t13-,16-,17+/m0/s1. The van der Waals surface area contributed by atoms with E-state index in [-0.39, 0.29) is 10.9 Å². The van der Waals surface area contributed by atoms with Crippen LogP contribution in [0.5, 0.6) is 5.75 Å². The molecule has 134 valence electrons. The molecule has 7 heteroatoms. The van der Waals surface area contributed by atoms with E-state index < -0.39 is 21.7 Å². The molecule has 0 amide bonds. The Hall–Kier alpha value is -1.15. The second-order valence-electron chi connectivity index (χ2n) is 6.71. The minimum Gasteiger partial charge on any atom is -0.496 e. The Morgan fingerprint density at radius 2 is 2.04 bits per heavy atom. The molecule has 1 aliphatic carbocycles. The number of hydrogen-bond acceptors (Lipinski definition) is 5. The van der Waals surface area contributed by atoms with Crippen LogP contribution in [0.1, 0.15) is 31.2 Å². The van der Waals surface area contributed by atoms with Crippen LogP contribution in [0.4, 0.5) is 0 Å². The summed E-state index contributed by atoms with van der Waals surface area (Å²) < 4.78 is 38.8. The maximum absolute atomic E-state index is 13.2. The van der Waals surface area contributed by atoms with E-state index >= 15 is 0 Å². The third-order valence-electron chi connectivity index (χ3n) is 5.49. The highest BCUT2D eigenvalue weighted by Crippen LogP contribution is 2.44. The van der Waals surface area contributed by atoms with Gasteiger partial charge in [0.2, 0.25) is 10.0 Å². The average Bonchev–Trinajstić information content (AvgIpc) is 2.94. The van der Waals surface area contributed by atoms with Crippen LogP contribution in [0.2, 0.25) is 0 Å². The molecule has 1 aromatic rings. The van der Waals surface area contributed by atoms with Gasteiger partial charge in [-0.3, -0.25) is 0 Å². The molecule has 24 heavy (non-hydrogen) atoms. The summed E-state index contributed by atoms with van der Waals surface area (Å²) in [6.07, 6.45) is 1.94. The third kappa shape index (κ3) is 2.73. The highest BCUT2D eigenvalue weighted by molar-refractivity contribution is 7.89. The number of sulfonamides is 1. The van der Waals surface area contributed by atoms with Gasteiger partial charge in [0.1, 0.15) is 5.75 Å². The molecule has 1 N–H and O–H groups in total. The lowest BCUT2D eigenvalue weighted by Gasteiger charge is -2.42. The van der Waals surface area contributed by atoms with Crippen LogP contribution in [0.25, 0.3) is 0 Å². The van der Waals surface area contributed by atoms with Crippen molar-refractivity contribution in [2.75, 3.05) is 20.8 Å². The number of aliphatic hydroxyl groups excluding tert-OH is 1. The lowest BCUT2D eigenvalue weighted by Crippen LogP contribution is -2.52. The fourth-order valence-corrected chi connectivity index (χ4v) is 5.85. The van der Waals surface area contributed by atoms with E-state index in [9.17, 15) is 13.5 Å². The highest BCUT2D eigenvalue weighted by Gasteiger charge is 2.54. The lowest BCUT2D eigenvalue weighted by atomic mass is 9.79. The summed E-state index contributed by atoms with van der Waals surface area (Å²) in [5.74, 6) is 0.662. The molecule has 1 heterocycles. The summed E-state index contributed by atoms with van der Waals surface area (Å²) >= 11 is 0. The Morgan fingerprint density at radius 3 is 2.67 bits per heavy atom. The third-order valence-corrected chi connectivity index (χ3v) is 7.39. The molecule has 0 aromatic heterocycles. The molecule has 1 saturated carbocycles.